The van der Waals surface area contributed by atoms with Crippen LogP contribution in [0.25, 0.3) is 0 Å². The van der Waals surface area contributed by atoms with Crippen molar-refractivity contribution < 1.29 is 4.79 Å². The van der Waals surface area contributed by atoms with Gasteiger partial charge in [0.25, 0.3) is 0 Å². The molecule has 2 saturated heterocycles. The van der Waals surface area contributed by atoms with Crippen LogP contribution >= 0.6 is 11.8 Å². The van der Waals surface area contributed by atoms with Gasteiger partial charge in [-0.2, -0.15) is 11.8 Å². The van der Waals surface area contributed by atoms with Crippen molar-refractivity contribution >= 4 is 17.7 Å². The highest BCUT2D eigenvalue weighted by atomic mass is 32.2. The molecule has 2 heterocycles. The molecule has 3 nitrogen and oxygen atoms in total. The molecule has 1 unspecified atom stereocenters. The second kappa shape index (κ2) is 6.19. The second-order valence-electron chi connectivity index (χ2n) is 5.74. The Morgan fingerprint density at radius 3 is 2.80 bits per heavy atom. The van der Waals surface area contributed by atoms with E-state index in [9.17, 15) is 4.79 Å². The van der Waals surface area contributed by atoms with Gasteiger partial charge in [0, 0.05) is 6.54 Å². The summed E-state index contributed by atoms with van der Waals surface area (Å²) in [7, 11) is 0. The maximum absolute atomic E-state index is 12.2. The van der Waals surface area contributed by atoms with Gasteiger partial charge in [-0.25, -0.2) is 0 Å². The van der Waals surface area contributed by atoms with Crippen LogP contribution in [0.15, 0.2) is 24.3 Å². The third kappa shape index (κ3) is 2.86. The summed E-state index contributed by atoms with van der Waals surface area (Å²) < 4.78 is 0. The number of benzene rings is 1. The molecule has 2 aliphatic heterocycles. The predicted molar refractivity (Wildman–Crippen MR) is 83.7 cm³/mol. The lowest BCUT2D eigenvalue weighted by Gasteiger charge is -2.31. The van der Waals surface area contributed by atoms with Gasteiger partial charge in [-0.05, 0) is 48.3 Å². The van der Waals surface area contributed by atoms with E-state index in [-0.39, 0.29) is 12.1 Å². The Balaban J connectivity index is 1.76. The fraction of sp³-hybridized carbons (Fsp3) is 0.562. The Labute approximate surface area is 125 Å². The van der Waals surface area contributed by atoms with Crippen LogP contribution in [0.4, 0.5) is 0 Å². The van der Waals surface area contributed by atoms with Crippen molar-refractivity contribution in [1.82, 2.24) is 10.2 Å². The highest BCUT2D eigenvalue weighted by Crippen LogP contribution is 2.29. The molecule has 2 aliphatic rings. The van der Waals surface area contributed by atoms with Gasteiger partial charge in [0.05, 0.1) is 6.54 Å². The fourth-order valence-electron chi connectivity index (χ4n) is 3.13. The van der Waals surface area contributed by atoms with Gasteiger partial charge < -0.3 is 4.90 Å². The number of nitrogens with one attached hydrogen (secondary N) is 1. The van der Waals surface area contributed by atoms with Crippen LogP contribution in [-0.4, -0.2) is 35.4 Å². The maximum atomic E-state index is 12.2. The summed E-state index contributed by atoms with van der Waals surface area (Å²) in [5, 5.41) is 3.37. The van der Waals surface area contributed by atoms with Gasteiger partial charge in [-0.1, -0.05) is 24.3 Å². The normalized spacial score (nSPS) is 24.4. The van der Waals surface area contributed by atoms with E-state index in [2.05, 4.69) is 41.4 Å². The lowest BCUT2D eigenvalue weighted by molar-refractivity contribution is -0.128. The van der Waals surface area contributed by atoms with Gasteiger partial charge >= 0.3 is 0 Å². The van der Waals surface area contributed by atoms with E-state index in [1.807, 2.05) is 11.8 Å². The molecule has 20 heavy (non-hydrogen) atoms. The van der Waals surface area contributed by atoms with Crippen molar-refractivity contribution in [2.75, 3.05) is 24.6 Å². The first-order valence-corrected chi connectivity index (χ1v) is 8.57. The Morgan fingerprint density at radius 1 is 1.30 bits per heavy atom. The largest absolute Gasteiger partial charge is 0.322 e. The van der Waals surface area contributed by atoms with Gasteiger partial charge in [0.2, 0.25) is 5.91 Å². The molecule has 0 aliphatic carbocycles. The number of carbonyl (C=O) groups excluding carboxylic acids is 1. The van der Waals surface area contributed by atoms with Crippen LogP contribution < -0.4 is 5.32 Å². The maximum Gasteiger partial charge on any atom is 0.238 e. The molecule has 1 N–H and O–H groups in total. The predicted octanol–water partition coefficient (Wildman–Crippen LogP) is 2.57. The number of aryl methyl sites for hydroxylation is 1. The number of rotatable bonds is 3. The molecule has 4 heteroatoms. The molecule has 1 amide bonds. The Bertz CT molecular complexity index is 485. The molecule has 0 spiro atoms. The quantitative estimate of drug-likeness (QED) is 0.928. The summed E-state index contributed by atoms with van der Waals surface area (Å²) in [6.45, 7) is 3.50. The van der Waals surface area contributed by atoms with Gasteiger partial charge in [-0.15, -0.1) is 0 Å². The number of carbonyl (C=O) groups is 1. The zero-order valence-electron chi connectivity index (χ0n) is 12.0. The Kier molecular flexibility index (Phi) is 4.32. The van der Waals surface area contributed by atoms with E-state index in [4.69, 9.17) is 0 Å². The molecule has 3 rings (SSSR count). The number of amides is 1. The summed E-state index contributed by atoms with van der Waals surface area (Å²) in [4.78, 5) is 14.3. The zero-order valence-corrected chi connectivity index (χ0v) is 12.8. The highest BCUT2D eigenvalue weighted by molar-refractivity contribution is 7.99. The van der Waals surface area contributed by atoms with Crippen LogP contribution in [0.3, 0.4) is 0 Å². The lowest BCUT2D eigenvalue weighted by atomic mass is 10.0. The number of hydrogen-bond donors (Lipinski definition) is 1. The number of hydrogen-bond acceptors (Lipinski definition) is 3. The summed E-state index contributed by atoms with van der Waals surface area (Å²) in [6, 6.07) is 8.37. The first-order chi connectivity index (χ1) is 9.75. The molecular weight excluding hydrogens is 268 g/mol. The van der Waals surface area contributed by atoms with E-state index >= 15 is 0 Å². The average molecular weight is 290 g/mol. The first kappa shape index (κ1) is 14.0. The lowest BCUT2D eigenvalue weighted by Crippen LogP contribution is -2.36. The smallest absolute Gasteiger partial charge is 0.238 e. The Morgan fingerprint density at radius 2 is 2.05 bits per heavy atom. The van der Waals surface area contributed by atoms with Gasteiger partial charge in [0.1, 0.15) is 6.17 Å². The van der Waals surface area contributed by atoms with E-state index < -0.39 is 0 Å². The van der Waals surface area contributed by atoms with Gasteiger partial charge in [-0.3, -0.25) is 10.1 Å². The van der Waals surface area contributed by atoms with Crippen molar-refractivity contribution in [1.29, 1.82) is 0 Å². The van der Waals surface area contributed by atoms with Crippen molar-refractivity contribution in [2.45, 2.75) is 25.9 Å². The minimum absolute atomic E-state index is 0.0679. The topological polar surface area (TPSA) is 32.3 Å². The molecular formula is C16H22N2OS. The summed E-state index contributed by atoms with van der Waals surface area (Å²) in [5.41, 5.74) is 2.49. The van der Waals surface area contributed by atoms with Crippen LogP contribution in [0.5, 0.6) is 0 Å². The molecule has 0 bridgehead atoms. The monoisotopic (exact) mass is 290 g/mol. The molecule has 1 aromatic rings. The molecule has 1 atom stereocenters. The van der Waals surface area contributed by atoms with Crippen molar-refractivity contribution in [3.8, 4) is 0 Å². The number of nitrogens with zero attached hydrogens (tertiary/aromatic N) is 1. The van der Waals surface area contributed by atoms with Crippen LogP contribution in [0, 0.1) is 12.8 Å². The Hall–Kier alpha value is -1.00. The summed E-state index contributed by atoms with van der Waals surface area (Å²) in [6.07, 6.45) is 2.56. The number of thioether (sulfide) groups is 1. The first-order valence-electron chi connectivity index (χ1n) is 7.42. The van der Waals surface area contributed by atoms with Crippen molar-refractivity contribution in [2.24, 2.45) is 5.92 Å². The third-order valence-electron chi connectivity index (χ3n) is 4.36. The van der Waals surface area contributed by atoms with E-state index in [1.165, 1.54) is 35.5 Å². The molecule has 0 aromatic heterocycles. The van der Waals surface area contributed by atoms with Crippen LogP contribution in [0.2, 0.25) is 0 Å². The molecule has 1 aromatic carbocycles. The van der Waals surface area contributed by atoms with E-state index in [1.54, 1.807) is 0 Å². The standard InChI is InChI=1S/C16H22N2OS/c1-12-4-2-3-5-14(12)16-17-10-15(19)18(16)11-13-6-8-20-9-7-13/h2-5,13,16-17H,6-11H2,1H3. The summed E-state index contributed by atoms with van der Waals surface area (Å²) >= 11 is 2.04. The second-order valence-corrected chi connectivity index (χ2v) is 6.97. The SMILES string of the molecule is Cc1ccccc1C1NCC(=O)N1CC1CCSCC1. The van der Waals surface area contributed by atoms with Crippen molar-refractivity contribution in [3.63, 3.8) is 0 Å². The highest BCUT2D eigenvalue weighted by Gasteiger charge is 2.33. The minimum Gasteiger partial charge on any atom is -0.322 e. The van der Waals surface area contributed by atoms with E-state index in [0.717, 1.165) is 6.54 Å². The summed E-state index contributed by atoms with van der Waals surface area (Å²) in [5.74, 6) is 3.41. The average Bonchev–Trinajstić information content (AvgIpc) is 2.82. The van der Waals surface area contributed by atoms with Crippen molar-refractivity contribution in [3.05, 3.63) is 35.4 Å². The minimum atomic E-state index is 0.0679. The van der Waals surface area contributed by atoms with Crippen LogP contribution in [0.1, 0.15) is 30.1 Å². The molecule has 0 radical (unpaired) electrons. The van der Waals surface area contributed by atoms with Crippen LogP contribution in [-0.2, 0) is 4.79 Å². The third-order valence-corrected chi connectivity index (χ3v) is 5.41. The zero-order chi connectivity index (χ0) is 13.9. The van der Waals surface area contributed by atoms with E-state index in [0.29, 0.717) is 12.5 Å². The fourth-order valence-corrected chi connectivity index (χ4v) is 4.33. The molecule has 108 valence electrons. The van der Waals surface area contributed by atoms with Gasteiger partial charge in [0.15, 0.2) is 0 Å². The molecule has 0 saturated carbocycles. The molecule has 2 fully saturated rings.